The van der Waals surface area contributed by atoms with E-state index in [1.807, 2.05) is 121 Å². The molecule has 0 bridgehead atoms. The maximum atomic E-state index is 6.06. The van der Waals surface area contributed by atoms with Crippen LogP contribution in [0.3, 0.4) is 0 Å². The average molecular weight is 970 g/mol. The topological polar surface area (TPSA) is 47.9 Å². The van der Waals surface area contributed by atoms with E-state index in [-0.39, 0.29) is 20.1 Å². The fraction of sp³-hybridized carbons (Fsp3) is 0.151. The minimum Gasteiger partial charge on any atom is -0.508 e. The molecule has 3 heterocycles. The Bertz CT molecular complexity index is 2180. The van der Waals surface area contributed by atoms with E-state index in [9.17, 15) is 0 Å². The van der Waals surface area contributed by atoms with E-state index in [0.29, 0.717) is 24.3 Å². The van der Waals surface area contributed by atoms with Crippen LogP contribution in [0.1, 0.15) is 60.8 Å². The maximum absolute atomic E-state index is 6.06. The molecule has 0 aliphatic carbocycles. The van der Waals surface area contributed by atoms with Crippen LogP contribution >= 0.6 is 11.6 Å². The normalized spacial score (nSPS) is 11.3. The number of ether oxygens (including phenoxy) is 1. The van der Waals surface area contributed by atoms with Gasteiger partial charge in [0.15, 0.2) is 0 Å². The van der Waals surface area contributed by atoms with Gasteiger partial charge in [-0.25, -0.2) is 0 Å². The third kappa shape index (κ3) is 14.0. The minimum absolute atomic E-state index is 0. The van der Waals surface area contributed by atoms with Crippen molar-refractivity contribution in [2.45, 2.75) is 51.0 Å². The Morgan fingerprint density at radius 2 is 1.03 bits per heavy atom. The number of benzene rings is 5. The fourth-order valence-electron chi connectivity index (χ4n) is 6.44. The van der Waals surface area contributed by atoms with Crippen LogP contribution < -0.4 is 4.74 Å². The molecule has 5 aromatic carbocycles. The van der Waals surface area contributed by atoms with Gasteiger partial charge in [-0.15, -0.1) is 113 Å². The van der Waals surface area contributed by atoms with Crippen LogP contribution in [-0.4, -0.2) is 15.0 Å². The Labute approximate surface area is 368 Å². The van der Waals surface area contributed by atoms with Crippen molar-refractivity contribution >= 4 is 11.6 Å². The number of pyridine rings is 3. The molecule has 0 radical (unpaired) electrons. The van der Waals surface area contributed by atoms with E-state index in [1.54, 1.807) is 18.6 Å². The summed E-state index contributed by atoms with van der Waals surface area (Å²) in [5, 5.41) is 0. The Morgan fingerprint density at radius 1 is 0.542 bits per heavy atom. The van der Waals surface area contributed by atoms with Crippen molar-refractivity contribution in [2.24, 2.45) is 0 Å². The Hall–Kier alpha value is -5.71. The van der Waals surface area contributed by atoms with Crippen LogP contribution in [0.4, 0.5) is 0 Å². The molecule has 59 heavy (non-hydrogen) atoms. The van der Waals surface area contributed by atoms with E-state index in [1.165, 1.54) is 16.7 Å². The molecule has 6 heteroatoms. The zero-order valence-corrected chi connectivity index (χ0v) is 36.5. The second kappa shape index (κ2) is 24.3. The molecule has 0 fully saturated rings. The zero-order chi connectivity index (χ0) is 40.2. The summed E-state index contributed by atoms with van der Waals surface area (Å²) in [5.41, 5.74) is 11.0. The molecular formula is C53H47ClIrN3O. The Morgan fingerprint density at radius 3 is 1.51 bits per heavy atom. The first kappa shape index (κ1) is 44.4. The molecule has 0 aliphatic heterocycles. The molecule has 0 spiro atoms. The summed E-state index contributed by atoms with van der Waals surface area (Å²) < 4.78 is 6.06. The van der Waals surface area contributed by atoms with Crippen molar-refractivity contribution in [3.63, 3.8) is 0 Å². The van der Waals surface area contributed by atoms with Crippen molar-refractivity contribution in [1.29, 1.82) is 0 Å². The van der Waals surface area contributed by atoms with Crippen LogP contribution in [0.5, 0.6) is 5.75 Å². The first-order valence-corrected chi connectivity index (χ1v) is 20.2. The van der Waals surface area contributed by atoms with Gasteiger partial charge >= 0.3 is 20.1 Å². The molecule has 0 amide bonds. The summed E-state index contributed by atoms with van der Waals surface area (Å²) in [6.07, 6.45) is 7.63. The summed E-state index contributed by atoms with van der Waals surface area (Å²) in [6.45, 7) is 5.12. The molecular weight excluding hydrogens is 922 g/mol. The second-order valence-electron chi connectivity index (χ2n) is 13.8. The largest absolute Gasteiger partial charge is 3.00 e. The van der Waals surface area contributed by atoms with Gasteiger partial charge in [-0.05, 0) is 82.2 Å². The fourth-order valence-corrected chi connectivity index (χ4v) is 6.62. The first-order chi connectivity index (χ1) is 28.6. The number of alkyl halides is 1. The van der Waals surface area contributed by atoms with Crippen LogP contribution in [0.25, 0.3) is 33.8 Å². The summed E-state index contributed by atoms with van der Waals surface area (Å²) >= 11 is 5.95. The predicted molar refractivity (Wildman–Crippen MR) is 238 cm³/mol. The molecule has 8 aromatic rings. The molecule has 2 unspecified atom stereocenters. The van der Waals surface area contributed by atoms with Crippen LogP contribution in [0.15, 0.2) is 188 Å². The molecule has 0 N–H and O–H groups in total. The molecule has 8 rings (SSSR count). The molecule has 0 aliphatic rings. The van der Waals surface area contributed by atoms with Crippen molar-refractivity contribution in [3.05, 3.63) is 229 Å². The number of halogens is 1. The number of aromatic nitrogens is 3. The van der Waals surface area contributed by atoms with Gasteiger partial charge in [0.25, 0.3) is 0 Å². The van der Waals surface area contributed by atoms with Crippen molar-refractivity contribution in [2.75, 3.05) is 0 Å². The first-order valence-electron chi connectivity index (χ1n) is 19.7. The molecule has 0 saturated heterocycles. The van der Waals surface area contributed by atoms with Gasteiger partial charge in [0, 0.05) is 30.2 Å². The van der Waals surface area contributed by atoms with Crippen molar-refractivity contribution < 1.29 is 24.8 Å². The van der Waals surface area contributed by atoms with Gasteiger partial charge in [-0.2, -0.15) is 0 Å². The molecule has 2 atom stereocenters. The Balaban J connectivity index is 0.000000213. The average Bonchev–Trinajstić information content (AvgIpc) is 3.32. The number of rotatable bonds is 12. The summed E-state index contributed by atoms with van der Waals surface area (Å²) in [4.78, 5) is 12.8. The number of hydrogen-bond acceptors (Lipinski definition) is 4. The summed E-state index contributed by atoms with van der Waals surface area (Å²) in [7, 11) is 0. The smallest absolute Gasteiger partial charge is 0.508 e. The van der Waals surface area contributed by atoms with Gasteiger partial charge in [0.05, 0.1) is 0 Å². The van der Waals surface area contributed by atoms with Crippen LogP contribution in [-0.2, 0) is 32.6 Å². The van der Waals surface area contributed by atoms with E-state index < -0.39 is 0 Å². The third-order valence-corrected chi connectivity index (χ3v) is 10.0. The standard InChI is InChI=1S/C31H31ClNO.2C11H8N.Ir/c1-3-26(28-16-10-24(21-32)11-17-28)19-23(2)27-14-12-25(13-15-27)22-34-30-8-6-7-29(20-30)31-9-4-5-18-33-31;2*1-2-6-10(7-3-1)11-8-4-5-9-12-11;/h4-6,8-18,20,23,26H,3,19,21-22H2,1-2H3;2*1-6,8-9H;/q3*-1;+3. The third-order valence-electron chi connectivity index (χ3n) is 9.70. The predicted octanol–water partition coefficient (Wildman–Crippen LogP) is 13.6. The van der Waals surface area contributed by atoms with Gasteiger partial charge in [-0.1, -0.05) is 98.8 Å². The van der Waals surface area contributed by atoms with Crippen molar-refractivity contribution in [3.8, 4) is 39.5 Å². The molecule has 4 nitrogen and oxygen atoms in total. The van der Waals surface area contributed by atoms with Crippen LogP contribution in [0, 0.1) is 18.2 Å². The van der Waals surface area contributed by atoms with Gasteiger partial charge in [0.1, 0.15) is 6.61 Å². The minimum atomic E-state index is 0. The maximum Gasteiger partial charge on any atom is 3.00 e. The molecule has 3 aromatic heterocycles. The van der Waals surface area contributed by atoms with Gasteiger partial charge in [-0.3, -0.25) is 0 Å². The molecule has 296 valence electrons. The second-order valence-corrected chi connectivity index (χ2v) is 14.1. The monoisotopic (exact) mass is 969 g/mol. The van der Waals surface area contributed by atoms with E-state index in [0.717, 1.165) is 57.9 Å². The summed E-state index contributed by atoms with van der Waals surface area (Å²) in [5.74, 6) is 2.42. The van der Waals surface area contributed by atoms with Gasteiger partial charge < -0.3 is 19.7 Å². The Kier molecular flexibility index (Phi) is 18.3. The zero-order valence-electron chi connectivity index (χ0n) is 33.3. The summed E-state index contributed by atoms with van der Waals surface area (Å²) in [6, 6.07) is 66.2. The number of hydrogen-bond donors (Lipinski definition) is 0. The van der Waals surface area contributed by atoms with Crippen LogP contribution in [0.2, 0.25) is 0 Å². The van der Waals surface area contributed by atoms with E-state index >= 15 is 0 Å². The van der Waals surface area contributed by atoms with E-state index in [4.69, 9.17) is 16.3 Å². The van der Waals surface area contributed by atoms with Gasteiger partial charge in [0.2, 0.25) is 0 Å². The van der Waals surface area contributed by atoms with E-state index in [2.05, 4.69) is 95.5 Å². The SMILES string of the molecule is CCC(CC(C)c1ccc(COc2cc[c-]c(-c3ccccn3)c2)cc1)c1ccc(CCl)cc1.[Ir+3].[c-]1ccccc1-c1ccccn1.[c-]1ccccc1-c1ccccn1. The molecule has 0 saturated carbocycles. The quantitative estimate of drug-likeness (QED) is 0.0904. The van der Waals surface area contributed by atoms with Crippen molar-refractivity contribution in [1.82, 2.24) is 15.0 Å². The number of nitrogens with zero attached hydrogens (tertiary/aromatic N) is 3.